The van der Waals surface area contributed by atoms with Crippen LogP contribution in [0.5, 0.6) is 5.75 Å². The summed E-state index contributed by atoms with van der Waals surface area (Å²) in [5.74, 6) is -1.52. The van der Waals surface area contributed by atoms with Gasteiger partial charge in [-0.2, -0.15) is 0 Å². The van der Waals surface area contributed by atoms with Crippen LogP contribution in [0, 0.1) is 5.82 Å². The summed E-state index contributed by atoms with van der Waals surface area (Å²) in [6, 6.07) is 5.36. The van der Waals surface area contributed by atoms with Crippen LogP contribution in [-0.4, -0.2) is 11.0 Å². The van der Waals surface area contributed by atoms with Crippen LogP contribution < -0.4 is 5.32 Å². The fraction of sp³-hybridized carbons (Fsp3) is 0. The van der Waals surface area contributed by atoms with E-state index in [4.69, 9.17) is 16.7 Å². The van der Waals surface area contributed by atoms with E-state index in [2.05, 4.69) is 5.32 Å². The Morgan fingerprint density at radius 1 is 1.47 bits per heavy atom. The Kier molecular flexibility index (Phi) is 3.31. The van der Waals surface area contributed by atoms with Crippen molar-refractivity contribution in [1.82, 2.24) is 0 Å². The number of nitrogens with one attached hydrogen (secondary N) is 1. The van der Waals surface area contributed by atoms with E-state index < -0.39 is 11.7 Å². The van der Waals surface area contributed by atoms with Crippen LogP contribution in [0.2, 0.25) is 5.02 Å². The van der Waals surface area contributed by atoms with E-state index in [9.17, 15) is 9.18 Å². The van der Waals surface area contributed by atoms with Gasteiger partial charge in [-0.1, -0.05) is 17.7 Å². The number of amides is 1. The monoisotopic (exact) mass is 271 g/mol. The normalized spacial score (nSPS) is 10.2. The minimum atomic E-state index is -0.739. The topological polar surface area (TPSA) is 49.3 Å². The summed E-state index contributed by atoms with van der Waals surface area (Å²) in [4.78, 5) is 12.1. The van der Waals surface area contributed by atoms with Crippen LogP contribution in [0.15, 0.2) is 29.6 Å². The van der Waals surface area contributed by atoms with Gasteiger partial charge in [-0.3, -0.25) is 4.79 Å². The quantitative estimate of drug-likeness (QED) is 0.822. The lowest BCUT2D eigenvalue weighted by molar-refractivity contribution is 0.103. The Bertz CT molecular complexity index is 557. The van der Waals surface area contributed by atoms with Crippen molar-refractivity contribution in [1.29, 1.82) is 0 Å². The number of thiophene rings is 1. The van der Waals surface area contributed by atoms with Crippen molar-refractivity contribution in [2.75, 3.05) is 5.32 Å². The fourth-order valence-electron chi connectivity index (χ4n) is 1.22. The summed E-state index contributed by atoms with van der Waals surface area (Å²) in [6.45, 7) is 0. The summed E-state index contributed by atoms with van der Waals surface area (Å²) in [6.07, 6.45) is 0. The van der Waals surface area contributed by atoms with Gasteiger partial charge in [0.1, 0.15) is 5.75 Å². The van der Waals surface area contributed by atoms with Crippen LogP contribution in [-0.2, 0) is 0 Å². The van der Waals surface area contributed by atoms with Crippen LogP contribution in [0.25, 0.3) is 0 Å². The molecule has 0 atom stereocenters. The first kappa shape index (κ1) is 11.9. The molecule has 0 radical (unpaired) electrons. The molecule has 1 aromatic carbocycles. The number of phenolic OH excluding ortho intramolecular Hbond substituents is 1. The Labute approximate surface area is 105 Å². The minimum absolute atomic E-state index is 0.0205. The molecule has 0 spiro atoms. The number of hydrogen-bond acceptors (Lipinski definition) is 3. The molecule has 1 aromatic heterocycles. The molecule has 88 valence electrons. The van der Waals surface area contributed by atoms with Crippen LogP contribution in [0.4, 0.5) is 10.1 Å². The summed E-state index contributed by atoms with van der Waals surface area (Å²) in [7, 11) is 0. The van der Waals surface area contributed by atoms with Gasteiger partial charge in [-0.25, -0.2) is 4.39 Å². The van der Waals surface area contributed by atoms with Gasteiger partial charge in [0.15, 0.2) is 5.82 Å². The number of rotatable bonds is 2. The number of hydrogen-bond donors (Lipinski definition) is 2. The maximum atomic E-state index is 13.4. The molecular formula is C11H7ClFNO2S. The molecule has 3 nitrogen and oxygen atoms in total. The highest BCUT2D eigenvalue weighted by atomic mass is 35.5. The van der Waals surface area contributed by atoms with Gasteiger partial charge in [-0.05, 0) is 17.5 Å². The second-order valence-corrected chi connectivity index (χ2v) is 4.57. The standard InChI is InChI=1S/C11H7ClFNO2S/c12-6-4-8(7(13)5-9(6)15)14-11(16)10-2-1-3-17-10/h1-5,15H,(H,14,16). The van der Waals surface area contributed by atoms with Gasteiger partial charge in [0, 0.05) is 6.07 Å². The number of halogens is 2. The second-order valence-electron chi connectivity index (χ2n) is 3.21. The van der Waals surface area contributed by atoms with E-state index in [1.807, 2.05) is 0 Å². The molecule has 2 aromatic rings. The number of phenols is 1. The molecule has 6 heteroatoms. The van der Waals surface area contributed by atoms with Crippen molar-refractivity contribution in [3.8, 4) is 5.75 Å². The third-order valence-corrected chi connectivity index (χ3v) is 3.20. The molecule has 0 aliphatic rings. The lowest BCUT2D eigenvalue weighted by Gasteiger charge is -2.06. The molecule has 0 unspecified atom stereocenters. The van der Waals surface area contributed by atoms with E-state index >= 15 is 0 Å². The summed E-state index contributed by atoms with van der Waals surface area (Å²) < 4.78 is 13.4. The van der Waals surface area contributed by atoms with Crippen molar-refractivity contribution < 1.29 is 14.3 Å². The first-order chi connectivity index (χ1) is 8.08. The molecule has 0 fully saturated rings. The Morgan fingerprint density at radius 2 is 2.24 bits per heavy atom. The predicted octanol–water partition coefficient (Wildman–Crippen LogP) is 3.50. The van der Waals surface area contributed by atoms with Crippen molar-refractivity contribution in [2.45, 2.75) is 0 Å². The average Bonchev–Trinajstić information content (AvgIpc) is 2.79. The van der Waals surface area contributed by atoms with Gasteiger partial charge in [0.2, 0.25) is 0 Å². The lowest BCUT2D eigenvalue weighted by atomic mass is 10.2. The zero-order chi connectivity index (χ0) is 12.4. The maximum absolute atomic E-state index is 13.4. The van der Waals surface area contributed by atoms with Crippen LogP contribution in [0.3, 0.4) is 0 Å². The lowest BCUT2D eigenvalue weighted by Crippen LogP contribution is -2.11. The zero-order valence-electron chi connectivity index (χ0n) is 8.41. The predicted molar refractivity (Wildman–Crippen MR) is 65.3 cm³/mol. The minimum Gasteiger partial charge on any atom is -0.506 e. The van der Waals surface area contributed by atoms with Gasteiger partial charge >= 0.3 is 0 Å². The molecule has 2 N–H and O–H groups in total. The highest BCUT2D eigenvalue weighted by molar-refractivity contribution is 7.12. The van der Waals surface area contributed by atoms with E-state index in [1.165, 1.54) is 11.3 Å². The molecule has 1 heterocycles. The van der Waals surface area contributed by atoms with Crippen LogP contribution in [0.1, 0.15) is 9.67 Å². The second kappa shape index (κ2) is 4.73. The van der Waals surface area contributed by atoms with Gasteiger partial charge < -0.3 is 10.4 Å². The molecule has 0 saturated heterocycles. The Morgan fingerprint density at radius 3 is 2.88 bits per heavy atom. The zero-order valence-corrected chi connectivity index (χ0v) is 9.98. The smallest absolute Gasteiger partial charge is 0.265 e. The Balaban J connectivity index is 2.25. The van der Waals surface area contributed by atoms with Gasteiger partial charge in [0.05, 0.1) is 15.6 Å². The van der Waals surface area contributed by atoms with Gasteiger partial charge in [0.25, 0.3) is 5.91 Å². The van der Waals surface area contributed by atoms with Gasteiger partial charge in [-0.15, -0.1) is 11.3 Å². The van der Waals surface area contributed by atoms with E-state index in [0.717, 1.165) is 12.1 Å². The molecular weight excluding hydrogens is 265 g/mol. The van der Waals surface area contributed by atoms with Crippen molar-refractivity contribution >= 4 is 34.5 Å². The summed E-state index contributed by atoms with van der Waals surface area (Å²) in [5, 5.41) is 13.3. The third kappa shape index (κ3) is 2.57. The maximum Gasteiger partial charge on any atom is 0.265 e. The summed E-state index contributed by atoms with van der Waals surface area (Å²) >= 11 is 6.88. The number of aromatic hydroxyl groups is 1. The molecule has 0 aliphatic carbocycles. The van der Waals surface area contributed by atoms with Crippen molar-refractivity contribution in [3.63, 3.8) is 0 Å². The molecule has 0 saturated carbocycles. The van der Waals surface area contributed by atoms with E-state index in [0.29, 0.717) is 4.88 Å². The highest BCUT2D eigenvalue weighted by Gasteiger charge is 2.12. The number of carbonyl (C=O) groups excluding carboxylic acids is 1. The molecule has 17 heavy (non-hydrogen) atoms. The largest absolute Gasteiger partial charge is 0.506 e. The van der Waals surface area contributed by atoms with Crippen LogP contribution >= 0.6 is 22.9 Å². The first-order valence-corrected chi connectivity index (χ1v) is 5.86. The van der Waals surface area contributed by atoms with E-state index in [-0.39, 0.29) is 16.5 Å². The first-order valence-electron chi connectivity index (χ1n) is 4.61. The SMILES string of the molecule is O=C(Nc1cc(Cl)c(O)cc1F)c1cccs1. The van der Waals surface area contributed by atoms with Crippen molar-refractivity contribution in [3.05, 3.63) is 45.4 Å². The molecule has 2 rings (SSSR count). The average molecular weight is 272 g/mol. The highest BCUT2D eigenvalue weighted by Crippen LogP contribution is 2.29. The summed E-state index contributed by atoms with van der Waals surface area (Å²) in [5.41, 5.74) is -0.0637. The van der Waals surface area contributed by atoms with Crippen molar-refractivity contribution in [2.24, 2.45) is 0 Å². The molecule has 1 amide bonds. The number of benzene rings is 1. The molecule has 0 bridgehead atoms. The fourth-order valence-corrected chi connectivity index (χ4v) is 2.01. The molecule has 0 aliphatic heterocycles. The van der Waals surface area contributed by atoms with E-state index in [1.54, 1.807) is 17.5 Å². The number of anilines is 1. The number of carbonyl (C=O) groups is 1. The third-order valence-electron chi connectivity index (χ3n) is 2.03. The Hall–Kier alpha value is -1.59.